The number of aromatic nitrogens is 4. The van der Waals surface area contributed by atoms with Crippen molar-refractivity contribution in [3.05, 3.63) is 231 Å². The zero-order valence-electron chi connectivity index (χ0n) is 37.0. The first-order valence-electron chi connectivity index (χ1n) is 23.2. The Kier molecular flexibility index (Phi) is 8.79. The van der Waals surface area contributed by atoms with Crippen LogP contribution in [0.5, 0.6) is 0 Å². The van der Waals surface area contributed by atoms with E-state index in [4.69, 9.17) is 23.8 Å². The molecule has 0 saturated carbocycles. The van der Waals surface area contributed by atoms with E-state index in [1.165, 1.54) is 21.9 Å². The Morgan fingerprint density at radius 1 is 0.290 bits per heavy atom. The standard InChI is InChI=1S/C63H38N4O2/c1-4-16-39(17-5-1)42-32-34-53-50(37-42)48-24-10-11-28-52(48)67(53)54-29-13-27-49-58-47(26-15-31-57(58)69-60(49)54)44-33-35-55-51(38-44)59-46(25-14-30-56(59)68-55)43-22-12-23-45(36-43)63-65-61(40-18-6-2-7-19-40)64-62(66-63)41-20-8-3-9-21-41/h1-38H. The highest BCUT2D eigenvalue weighted by molar-refractivity contribution is 6.18. The van der Waals surface area contributed by atoms with E-state index >= 15 is 0 Å². The maximum absolute atomic E-state index is 6.94. The van der Waals surface area contributed by atoms with Crippen LogP contribution >= 0.6 is 0 Å². The molecule has 4 heterocycles. The molecule has 0 unspecified atom stereocenters. The fraction of sp³-hybridized carbons (Fsp3) is 0. The second-order valence-corrected chi connectivity index (χ2v) is 17.5. The number of hydrogen-bond donors (Lipinski definition) is 0. The van der Waals surface area contributed by atoms with Crippen molar-refractivity contribution in [1.29, 1.82) is 0 Å². The van der Waals surface area contributed by atoms with E-state index in [-0.39, 0.29) is 0 Å². The van der Waals surface area contributed by atoms with Crippen molar-refractivity contribution in [2.75, 3.05) is 0 Å². The van der Waals surface area contributed by atoms with Crippen molar-refractivity contribution in [2.45, 2.75) is 0 Å². The van der Waals surface area contributed by atoms with Crippen LogP contribution in [-0.4, -0.2) is 19.5 Å². The third kappa shape index (κ3) is 6.38. The van der Waals surface area contributed by atoms with Crippen molar-refractivity contribution in [2.24, 2.45) is 0 Å². The van der Waals surface area contributed by atoms with Gasteiger partial charge in [-0.3, -0.25) is 0 Å². The molecule has 4 aromatic heterocycles. The highest BCUT2D eigenvalue weighted by atomic mass is 16.3. The molecule has 0 amide bonds. The van der Waals surface area contributed by atoms with Crippen molar-refractivity contribution >= 4 is 65.7 Å². The van der Waals surface area contributed by atoms with Crippen LogP contribution in [-0.2, 0) is 0 Å². The van der Waals surface area contributed by atoms with Gasteiger partial charge < -0.3 is 13.4 Å². The van der Waals surface area contributed by atoms with Crippen LogP contribution in [0.1, 0.15) is 0 Å². The summed E-state index contributed by atoms with van der Waals surface area (Å²) < 4.78 is 15.9. The van der Waals surface area contributed by atoms with Gasteiger partial charge in [-0.05, 0) is 88.0 Å². The molecular formula is C63H38N4O2. The molecule has 0 radical (unpaired) electrons. The predicted octanol–water partition coefficient (Wildman–Crippen LogP) is 16.8. The Balaban J connectivity index is 0.901. The van der Waals surface area contributed by atoms with Crippen molar-refractivity contribution in [3.8, 4) is 73.2 Å². The molecule has 0 aliphatic rings. The van der Waals surface area contributed by atoms with E-state index in [9.17, 15) is 0 Å². The summed E-state index contributed by atoms with van der Waals surface area (Å²) in [5.74, 6) is 1.86. The Hall–Kier alpha value is -9.39. The summed E-state index contributed by atoms with van der Waals surface area (Å²) >= 11 is 0. The summed E-state index contributed by atoms with van der Waals surface area (Å²) in [5.41, 5.74) is 16.0. The molecule has 0 N–H and O–H groups in total. The van der Waals surface area contributed by atoms with Gasteiger partial charge in [0.1, 0.15) is 16.7 Å². The monoisotopic (exact) mass is 882 g/mol. The molecular weight excluding hydrogens is 845 g/mol. The lowest BCUT2D eigenvalue weighted by Gasteiger charge is -2.10. The number of rotatable bonds is 7. The molecule has 0 atom stereocenters. The minimum absolute atomic E-state index is 0.606. The minimum Gasteiger partial charge on any atom is -0.456 e. The molecule has 0 fully saturated rings. The van der Waals surface area contributed by atoms with E-state index < -0.39 is 0 Å². The first-order chi connectivity index (χ1) is 34.2. The molecule has 0 saturated heterocycles. The molecule has 0 bridgehead atoms. The summed E-state index contributed by atoms with van der Waals surface area (Å²) in [4.78, 5) is 15.0. The summed E-state index contributed by atoms with van der Waals surface area (Å²) in [7, 11) is 0. The molecule has 0 aliphatic heterocycles. The minimum atomic E-state index is 0.606. The molecule has 0 spiro atoms. The van der Waals surface area contributed by atoms with Gasteiger partial charge in [0.05, 0.1) is 16.7 Å². The number of para-hydroxylation sites is 2. The lowest BCUT2D eigenvalue weighted by molar-refractivity contribution is 0.666. The molecule has 10 aromatic carbocycles. The topological polar surface area (TPSA) is 69.9 Å². The third-order valence-corrected chi connectivity index (χ3v) is 13.5. The second-order valence-electron chi connectivity index (χ2n) is 17.5. The van der Waals surface area contributed by atoms with E-state index in [2.05, 4.69) is 174 Å². The van der Waals surface area contributed by atoms with Crippen LogP contribution < -0.4 is 0 Å². The third-order valence-electron chi connectivity index (χ3n) is 13.5. The molecule has 6 nitrogen and oxygen atoms in total. The smallest absolute Gasteiger partial charge is 0.164 e. The SMILES string of the molecule is c1ccc(-c2ccc3c(c2)c2ccccc2n3-c2cccc3c2oc2cccc(-c4ccc5oc6cccc(-c7cccc(-c8nc(-c9ccccc9)nc(-c9ccccc9)n8)c7)c6c5c4)c23)cc1. The van der Waals surface area contributed by atoms with Gasteiger partial charge in [0.15, 0.2) is 23.1 Å². The zero-order chi connectivity index (χ0) is 45.4. The first kappa shape index (κ1) is 38.8. The van der Waals surface area contributed by atoms with E-state index in [1.807, 2.05) is 60.7 Å². The molecule has 322 valence electrons. The van der Waals surface area contributed by atoms with Crippen molar-refractivity contribution in [1.82, 2.24) is 19.5 Å². The van der Waals surface area contributed by atoms with Crippen LogP contribution in [0.4, 0.5) is 0 Å². The van der Waals surface area contributed by atoms with Gasteiger partial charge >= 0.3 is 0 Å². The van der Waals surface area contributed by atoms with E-state index in [0.29, 0.717) is 17.5 Å². The van der Waals surface area contributed by atoms with Gasteiger partial charge in [-0.25, -0.2) is 15.0 Å². The fourth-order valence-corrected chi connectivity index (χ4v) is 10.3. The Morgan fingerprint density at radius 3 is 1.52 bits per heavy atom. The van der Waals surface area contributed by atoms with Gasteiger partial charge in [-0.2, -0.15) is 0 Å². The summed E-state index contributed by atoms with van der Waals surface area (Å²) in [6.45, 7) is 0. The molecule has 14 rings (SSSR count). The number of hydrogen-bond acceptors (Lipinski definition) is 5. The zero-order valence-corrected chi connectivity index (χ0v) is 37.0. The van der Waals surface area contributed by atoms with E-state index in [0.717, 1.165) is 99.5 Å². The Morgan fingerprint density at radius 2 is 0.797 bits per heavy atom. The van der Waals surface area contributed by atoms with Crippen LogP contribution in [0.3, 0.4) is 0 Å². The maximum atomic E-state index is 6.94. The average molecular weight is 883 g/mol. The lowest BCUT2D eigenvalue weighted by atomic mass is 9.95. The number of fused-ring (bicyclic) bond motifs is 9. The van der Waals surface area contributed by atoms with Gasteiger partial charge in [0.25, 0.3) is 0 Å². The lowest BCUT2D eigenvalue weighted by Crippen LogP contribution is -2.00. The fourth-order valence-electron chi connectivity index (χ4n) is 10.3. The number of nitrogens with zero attached hydrogens (tertiary/aromatic N) is 4. The highest BCUT2D eigenvalue weighted by Crippen LogP contribution is 2.44. The highest BCUT2D eigenvalue weighted by Gasteiger charge is 2.22. The summed E-state index contributed by atoms with van der Waals surface area (Å²) in [5, 5.41) is 6.61. The molecule has 0 aliphatic carbocycles. The molecule has 69 heavy (non-hydrogen) atoms. The quantitative estimate of drug-likeness (QED) is 0.159. The van der Waals surface area contributed by atoms with Crippen LogP contribution in [0.2, 0.25) is 0 Å². The van der Waals surface area contributed by atoms with Crippen molar-refractivity contribution in [3.63, 3.8) is 0 Å². The average Bonchev–Trinajstić information content (AvgIpc) is 4.11. The van der Waals surface area contributed by atoms with E-state index in [1.54, 1.807) is 0 Å². The molecule has 14 aromatic rings. The largest absolute Gasteiger partial charge is 0.456 e. The van der Waals surface area contributed by atoms with Crippen LogP contribution in [0, 0.1) is 0 Å². The first-order valence-corrected chi connectivity index (χ1v) is 23.2. The maximum Gasteiger partial charge on any atom is 0.164 e. The van der Waals surface area contributed by atoms with Crippen LogP contribution in [0.25, 0.3) is 139 Å². The van der Waals surface area contributed by atoms with Crippen molar-refractivity contribution < 1.29 is 8.83 Å². The Labute approximate surface area is 396 Å². The van der Waals surface area contributed by atoms with Gasteiger partial charge in [0, 0.05) is 49.0 Å². The number of furan rings is 2. The van der Waals surface area contributed by atoms with Gasteiger partial charge in [0.2, 0.25) is 0 Å². The summed E-state index contributed by atoms with van der Waals surface area (Å²) in [6, 6.07) is 80.3. The normalized spacial score (nSPS) is 11.8. The second kappa shape index (κ2) is 15.6. The number of benzene rings is 10. The Bertz CT molecular complexity index is 4250. The van der Waals surface area contributed by atoms with Crippen LogP contribution in [0.15, 0.2) is 239 Å². The van der Waals surface area contributed by atoms with Gasteiger partial charge in [-0.15, -0.1) is 0 Å². The molecule has 6 heteroatoms. The predicted molar refractivity (Wildman–Crippen MR) is 281 cm³/mol. The summed E-state index contributed by atoms with van der Waals surface area (Å²) in [6.07, 6.45) is 0. The van der Waals surface area contributed by atoms with Gasteiger partial charge in [-0.1, -0.05) is 176 Å².